The maximum Gasteiger partial charge on any atom is 0.258 e. The van der Waals surface area contributed by atoms with E-state index in [0.717, 1.165) is 22.0 Å². The van der Waals surface area contributed by atoms with Crippen LogP contribution in [-0.2, 0) is 4.79 Å². The van der Waals surface area contributed by atoms with Crippen LogP contribution in [0.1, 0.15) is 22.3 Å². The van der Waals surface area contributed by atoms with Gasteiger partial charge in [-0.15, -0.1) is 0 Å². The van der Waals surface area contributed by atoms with Crippen molar-refractivity contribution in [1.29, 1.82) is 0 Å². The summed E-state index contributed by atoms with van der Waals surface area (Å²) in [6, 6.07) is 21.2. The molecule has 1 aliphatic heterocycles. The van der Waals surface area contributed by atoms with Crippen molar-refractivity contribution in [1.82, 2.24) is 4.90 Å². The minimum absolute atomic E-state index is 0.0934. The quantitative estimate of drug-likeness (QED) is 0.769. The lowest BCUT2D eigenvalue weighted by molar-refractivity contribution is -0.116. The van der Waals surface area contributed by atoms with Gasteiger partial charge in [0.1, 0.15) is 0 Å². The highest BCUT2D eigenvalue weighted by atomic mass is 16.2. The number of benzene rings is 3. The number of nitrogens with one attached hydrogen (secondary N) is 1. The Bertz CT molecular complexity index is 1000. The average Bonchev–Trinajstić information content (AvgIpc) is 2.91. The summed E-state index contributed by atoms with van der Waals surface area (Å²) in [4.78, 5) is 26.3. The Kier molecular flexibility index (Phi) is 4.01. The first-order valence-electron chi connectivity index (χ1n) is 8.52. The van der Waals surface area contributed by atoms with Gasteiger partial charge in [-0.25, -0.2) is 0 Å². The van der Waals surface area contributed by atoms with E-state index in [2.05, 4.69) is 11.9 Å². The number of rotatable bonds is 4. The smallest absolute Gasteiger partial charge is 0.258 e. The van der Waals surface area contributed by atoms with Crippen LogP contribution in [0.5, 0.6) is 0 Å². The van der Waals surface area contributed by atoms with Crippen LogP contribution in [0.15, 0.2) is 73.3 Å². The zero-order valence-electron chi connectivity index (χ0n) is 14.2. The number of amides is 2. The maximum atomic E-state index is 12.5. The Morgan fingerprint density at radius 2 is 1.62 bits per heavy atom. The number of hydrogen-bond acceptors (Lipinski definition) is 2. The van der Waals surface area contributed by atoms with Crippen molar-refractivity contribution < 1.29 is 9.59 Å². The van der Waals surface area contributed by atoms with Gasteiger partial charge in [-0.05, 0) is 29.0 Å². The summed E-state index contributed by atoms with van der Waals surface area (Å²) in [6.45, 7) is 4.31. The fourth-order valence-electron chi connectivity index (χ4n) is 3.28. The average molecular weight is 342 g/mol. The Morgan fingerprint density at radius 3 is 2.38 bits per heavy atom. The number of anilines is 1. The maximum absolute atomic E-state index is 12.5. The molecule has 128 valence electrons. The highest BCUT2D eigenvalue weighted by Crippen LogP contribution is 2.31. The summed E-state index contributed by atoms with van der Waals surface area (Å²) in [5, 5.41) is 5.10. The molecule has 0 atom stereocenters. The van der Waals surface area contributed by atoms with Crippen molar-refractivity contribution in [3.8, 4) is 0 Å². The van der Waals surface area contributed by atoms with Crippen LogP contribution in [0, 0.1) is 0 Å². The van der Waals surface area contributed by atoms with Gasteiger partial charge in [0, 0.05) is 35.5 Å². The Labute approximate surface area is 151 Å². The lowest BCUT2D eigenvalue weighted by Crippen LogP contribution is -2.27. The summed E-state index contributed by atoms with van der Waals surface area (Å²) in [5.74, 6) is -0.221. The van der Waals surface area contributed by atoms with Crippen molar-refractivity contribution in [2.75, 3.05) is 11.9 Å². The SMILES string of the molecule is C=C1c2ccccc2C(=O)N1CCC(=O)Nc1ccc2ccccc2c1. The van der Waals surface area contributed by atoms with Crippen LogP contribution in [0.25, 0.3) is 16.5 Å². The first kappa shape index (κ1) is 16.1. The van der Waals surface area contributed by atoms with Gasteiger partial charge in [0.25, 0.3) is 5.91 Å². The molecule has 1 heterocycles. The number of fused-ring (bicyclic) bond motifs is 2. The third kappa shape index (κ3) is 2.86. The monoisotopic (exact) mass is 342 g/mol. The van der Waals surface area contributed by atoms with E-state index >= 15 is 0 Å². The third-order valence-electron chi connectivity index (χ3n) is 4.64. The molecule has 2 amide bonds. The second-order valence-corrected chi connectivity index (χ2v) is 6.31. The van der Waals surface area contributed by atoms with E-state index in [-0.39, 0.29) is 18.2 Å². The predicted molar refractivity (Wildman–Crippen MR) is 104 cm³/mol. The molecule has 4 rings (SSSR count). The van der Waals surface area contributed by atoms with Gasteiger partial charge < -0.3 is 10.2 Å². The Morgan fingerprint density at radius 1 is 0.923 bits per heavy atom. The summed E-state index contributed by atoms with van der Waals surface area (Å²) in [6.07, 6.45) is 0.214. The van der Waals surface area contributed by atoms with Crippen molar-refractivity contribution in [3.63, 3.8) is 0 Å². The summed E-state index contributed by atoms with van der Waals surface area (Å²) in [7, 11) is 0. The molecule has 4 heteroatoms. The number of hydrogen-bond donors (Lipinski definition) is 1. The highest BCUT2D eigenvalue weighted by Gasteiger charge is 2.30. The number of carbonyl (C=O) groups is 2. The van der Waals surface area contributed by atoms with Gasteiger partial charge in [0.2, 0.25) is 5.91 Å². The molecule has 3 aromatic rings. The van der Waals surface area contributed by atoms with Gasteiger partial charge in [0.15, 0.2) is 0 Å². The number of carbonyl (C=O) groups excluding carboxylic acids is 2. The molecule has 0 saturated carbocycles. The van der Waals surface area contributed by atoms with E-state index in [9.17, 15) is 9.59 Å². The zero-order valence-corrected chi connectivity index (χ0v) is 14.2. The van der Waals surface area contributed by atoms with Crippen LogP contribution < -0.4 is 5.32 Å². The topological polar surface area (TPSA) is 49.4 Å². The molecule has 4 nitrogen and oxygen atoms in total. The molecule has 0 fully saturated rings. The summed E-state index contributed by atoms with van der Waals surface area (Å²) in [5.41, 5.74) is 2.90. The first-order chi connectivity index (χ1) is 12.6. The molecular formula is C22H18N2O2. The standard InChI is InChI=1S/C22H18N2O2/c1-15-19-8-4-5-9-20(19)22(26)24(15)13-12-21(25)23-18-11-10-16-6-2-3-7-17(16)14-18/h2-11,14H,1,12-13H2,(H,23,25). The van der Waals surface area contributed by atoms with Crippen LogP contribution in [0.3, 0.4) is 0 Å². The highest BCUT2D eigenvalue weighted by molar-refractivity contribution is 6.09. The molecule has 0 bridgehead atoms. The van der Waals surface area contributed by atoms with Gasteiger partial charge in [-0.3, -0.25) is 9.59 Å². The van der Waals surface area contributed by atoms with Crippen molar-refractivity contribution >= 4 is 34.0 Å². The minimum atomic E-state index is -0.128. The summed E-state index contributed by atoms with van der Waals surface area (Å²) < 4.78 is 0. The van der Waals surface area contributed by atoms with E-state index in [1.165, 1.54) is 0 Å². The van der Waals surface area contributed by atoms with E-state index < -0.39 is 0 Å². The van der Waals surface area contributed by atoms with Crippen molar-refractivity contribution in [3.05, 3.63) is 84.4 Å². The van der Waals surface area contributed by atoms with Gasteiger partial charge in [-0.2, -0.15) is 0 Å². The fourth-order valence-corrected chi connectivity index (χ4v) is 3.28. The van der Waals surface area contributed by atoms with Crippen LogP contribution in [0.4, 0.5) is 5.69 Å². The second kappa shape index (κ2) is 6.48. The lowest BCUT2D eigenvalue weighted by atomic mass is 10.1. The van der Waals surface area contributed by atoms with Crippen LogP contribution in [0.2, 0.25) is 0 Å². The van der Waals surface area contributed by atoms with Gasteiger partial charge in [0.05, 0.1) is 0 Å². The van der Waals surface area contributed by atoms with Crippen molar-refractivity contribution in [2.45, 2.75) is 6.42 Å². The van der Waals surface area contributed by atoms with E-state index in [4.69, 9.17) is 0 Å². The lowest BCUT2D eigenvalue weighted by Gasteiger charge is -2.17. The molecule has 0 unspecified atom stereocenters. The van der Waals surface area contributed by atoms with Crippen molar-refractivity contribution in [2.24, 2.45) is 0 Å². The zero-order chi connectivity index (χ0) is 18.1. The Balaban J connectivity index is 1.41. The summed E-state index contributed by atoms with van der Waals surface area (Å²) >= 11 is 0. The van der Waals surface area contributed by atoms with Crippen LogP contribution in [-0.4, -0.2) is 23.3 Å². The third-order valence-corrected chi connectivity index (χ3v) is 4.64. The first-order valence-corrected chi connectivity index (χ1v) is 8.52. The molecule has 0 aliphatic carbocycles. The van der Waals surface area contributed by atoms with E-state index in [1.54, 1.807) is 11.0 Å². The normalized spacial score (nSPS) is 13.2. The molecule has 3 aromatic carbocycles. The van der Waals surface area contributed by atoms with E-state index in [0.29, 0.717) is 17.8 Å². The fraction of sp³-hybridized carbons (Fsp3) is 0.0909. The molecule has 0 spiro atoms. The van der Waals surface area contributed by atoms with Crippen LogP contribution >= 0.6 is 0 Å². The molecule has 26 heavy (non-hydrogen) atoms. The molecular weight excluding hydrogens is 324 g/mol. The Hall–Kier alpha value is -3.40. The molecule has 1 N–H and O–H groups in total. The van der Waals surface area contributed by atoms with E-state index in [1.807, 2.05) is 60.7 Å². The number of nitrogens with zero attached hydrogens (tertiary/aromatic N) is 1. The molecule has 0 radical (unpaired) electrons. The van der Waals surface area contributed by atoms with Gasteiger partial charge >= 0.3 is 0 Å². The van der Waals surface area contributed by atoms with Gasteiger partial charge in [-0.1, -0.05) is 55.1 Å². The predicted octanol–water partition coefficient (Wildman–Crippen LogP) is 4.30. The minimum Gasteiger partial charge on any atom is -0.326 e. The molecule has 0 aromatic heterocycles. The molecule has 0 saturated heterocycles. The second-order valence-electron chi connectivity index (χ2n) is 6.31. The largest absolute Gasteiger partial charge is 0.326 e. The molecule has 1 aliphatic rings.